The van der Waals surface area contributed by atoms with Crippen LogP contribution in [0.1, 0.15) is 21.9 Å². The van der Waals surface area contributed by atoms with Crippen LogP contribution in [0.15, 0.2) is 169 Å². The van der Waals surface area contributed by atoms with Gasteiger partial charge in [-0.2, -0.15) is 15.0 Å². The molecule has 4 aromatic heterocycles. The van der Waals surface area contributed by atoms with Crippen molar-refractivity contribution in [3.8, 4) is 29.0 Å². The molecule has 0 aliphatic carbocycles. The minimum Gasteiger partial charge on any atom is -0.309 e. The Kier molecular flexibility index (Phi) is 3.48. The molecule has 0 aliphatic rings. The Morgan fingerprint density at radius 1 is 0.353 bits per heavy atom. The molecule has 0 radical (unpaired) electrons. The molecule has 6 heteroatoms. The van der Waals surface area contributed by atoms with E-state index in [0.717, 1.165) is 30.9 Å². The first-order valence-corrected chi connectivity index (χ1v) is 15.8. The van der Waals surface area contributed by atoms with Crippen LogP contribution < -0.4 is 0 Å². The van der Waals surface area contributed by atoms with Crippen LogP contribution in [-0.4, -0.2) is 28.7 Å². The van der Waals surface area contributed by atoms with Crippen LogP contribution in [-0.2, 0) is 0 Å². The molecule has 238 valence electrons. The van der Waals surface area contributed by atoms with E-state index in [-0.39, 0.29) is 49.4 Å². The van der Waals surface area contributed by atoms with Crippen molar-refractivity contribution in [2.24, 2.45) is 0 Å². The highest BCUT2D eigenvalue weighted by atomic mass is 15.3. The number of benzene rings is 7. The normalized spacial score (nSPS) is 16.3. The van der Waals surface area contributed by atoms with Gasteiger partial charge in [-0.25, -0.2) is 0 Å². The van der Waals surface area contributed by atoms with Crippen molar-refractivity contribution in [3.63, 3.8) is 0 Å². The molecule has 0 amide bonds. The predicted octanol–water partition coefficient (Wildman–Crippen LogP) is 10.8. The summed E-state index contributed by atoms with van der Waals surface area (Å²) in [4.78, 5) is 14.7. The van der Waals surface area contributed by atoms with Gasteiger partial charge >= 0.3 is 0 Å². The third-order valence-electron chi connectivity index (χ3n) is 9.04. The zero-order valence-corrected chi connectivity index (χ0v) is 26.1. The Balaban J connectivity index is 1.38. The predicted molar refractivity (Wildman–Crippen MR) is 208 cm³/mol. The quantitative estimate of drug-likeness (QED) is 0.188. The van der Waals surface area contributed by atoms with Gasteiger partial charge in [-0.05, 0) is 48.4 Å². The summed E-state index contributed by atoms with van der Waals surface area (Å²) in [5.41, 5.74) is 1.17. The molecule has 0 spiro atoms. The summed E-state index contributed by atoms with van der Waals surface area (Å²) < 4.78 is 146. The summed E-state index contributed by atoms with van der Waals surface area (Å²) in [7, 11) is 0. The van der Waals surface area contributed by atoms with E-state index >= 15 is 0 Å². The number of para-hydroxylation sites is 7. The van der Waals surface area contributed by atoms with E-state index < -0.39 is 109 Å². The molecule has 11 aromatic rings. The zero-order valence-electron chi connectivity index (χ0n) is 42.1. The smallest absolute Gasteiger partial charge is 0.240 e. The lowest BCUT2D eigenvalue weighted by Crippen LogP contribution is -2.11. The summed E-state index contributed by atoms with van der Waals surface area (Å²) in [6.45, 7) is 0. The standard InChI is InChI=1S/C45H28N6/c1-8-22-36-29(15-1)30-16-2-9-23-37(30)49(36)42-28-14-7-21-35(42)43-46-44(50-38-24-10-3-17-31(38)32-18-4-11-25-39(32)50)48-45(47-43)51-40-26-12-5-19-33(40)34-20-6-13-27-41(34)51/h1-28H/i3D,4D,5D,6D,10D,11D,12D,13D,17D,18D,19D,20D,24D,25D,26D,27D. The minimum atomic E-state index is -0.697. The van der Waals surface area contributed by atoms with Crippen molar-refractivity contribution < 1.29 is 21.9 Å². The second kappa shape index (κ2) is 10.7. The van der Waals surface area contributed by atoms with Gasteiger partial charge in [0.1, 0.15) is 0 Å². The monoisotopic (exact) mass is 668 g/mol. The first kappa shape index (κ1) is 16.6. The largest absolute Gasteiger partial charge is 0.309 e. The van der Waals surface area contributed by atoms with Gasteiger partial charge in [0.25, 0.3) is 0 Å². The van der Waals surface area contributed by atoms with Gasteiger partial charge in [0.05, 0.1) is 60.7 Å². The fourth-order valence-corrected chi connectivity index (χ4v) is 6.96. The molecule has 0 atom stereocenters. The summed E-state index contributed by atoms with van der Waals surface area (Å²) >= 11 is 0. The van der Waals surface area contributed by atoms with Crippen LogP contribution in [0.2, 0.25) is 0 Å². The average Bonchev–Trinajstić information content (AvgIpc) is 4.01. The van der Waals surface area contributed by atoms with Gasteiger partial charge < -0.3 is 4.57 Å². The highest BCUT2D eigenvalue weighted by molar-refractivity contribution is 6.11. The number of rotatable bonds is 4. The lowest BCUT2D eigenvalue weighted by molar-refractivity contribution is 0.892. The molecule has 51 heavy (non-hydrogen) atoms. The fourth-order valence-electron chi connectivity index (χ4n) is 6.96. The molecule has 0 fully saturated rings. The highest BCUT2D eigenvalue weighted by Crippen LogP contribution is 2.37. The molecule has 0 N–H and O–H groups in total. The molecule has 11 rings (SSSR count). The van der Waals surface area contributed by atoms with E-state index in [2.05, 4.69) is 0 Å². The topological polar surface area (TPSA) is 53.5 Å². The van der Waals surface area contributed by atoms with Crippen LogP contribution in [0.4, 0.5) is 0 Å². The second-order valence-corrected chi connectivity index (χ2v) is 11.7. The Bertz CT molecular complexity index is 3690. The van der Waals surface area contributed by atoms with Crippen molar-refractivity contribution >= 4 is 65.4 Å². The molecule has 0 aliphatic heterocycles. The van der Waals surface area contributed by atoms with Gasteiger partial charge in [-0.15, -0.1) is 0 Å². The van der Waals surface area contributed by atoms with Crippen LogP contribution in [0, 0.1) is 0 Å². The maximum absolute atomic E-state index is 9.22. The molecular formula is C45H28N6. The zero-order chi connectivity index (χ0) is 47.4. The summed E-state index contributed by atoms with van der Waals surface area (Å²) in [5.74, 6) is -1.08. The number of aromatic nitrogens is 6. The van der Waals surface area contributed by atoms with Crippen LogP contribution in [0.5, 0.6) is 0 Å². The van der Waals surface area contributed by atoms with Crippen molar-refractivity contribution in [2.45, 2.75) is 0 Å². The SMILES string of the molecule is [2H]c1c([2H])c([2H])c2c(c1[2H])c1c([2H])c([2H])c([2H])c([2H])c1n2-c1nc(-c2ccccc2-n2c3ccccc3c3ccccc32)nc(-n2c3c([2H])c([2H])c([2H])c([2H])c3c3c([2H])c([2H])c([2H])c([2H])c32)n1. The van der Waals surface area contributed by atoms with Crippen LogP contribution in [0.25, 0.3) is 94.4 Å². The van der Waals surface area contributed by atoms with E-state index in [1.807, 2.05) is 59.2 Å². The van der Waals surface area contributed by atoms with E-state index in [0.29, 0.717) is 11.3 Å². The molecule has 7 aromatic carbocycles. The van der Waals surface area contributed by atoms with Crippen molar-refractivity contribution in [1.29, 1.82) is 0 Å². The van der Waals surface area contributed by atoms with Crippen LogP contribution in [0.3, 0.4) is 0 Å². The van der Waals surface area contributed by atoms with Crippen LogP contribution >= 0.6 is 0 Å². The number of fused-ring (bicyclic) bond motifs is 9. The highest BCUT2D eigenvalue weighted by Gasteiger charge is 2.22. The van der Waals surface area contributed by atoms with E-state index in [9.17, 15) is 5.48 Å². The Morgan fingerprint density at radius 2 is 0.745 bits per heavy atom. The maximum atomic E-state index is 9.22. The Hall–Kier alpha value is -7.05. The number of nitrogens with zero attached hydrogens (tertiary/aromatic N) is 6. The second-order valence-electron chi connectivity index (χ2n) is 11.7. The fraction of sp³-hybridized carbons (Fsp3) is 0. The third kappa shape index (κ3) is 4.01. The average molecular weight is 669 g/mol. The first-order valence-electron chi connectivity index (χ1n) is 23.8. The van der Waals surface area contributed by atoms with Crippen molar-refractivity contribution in [2.75, 3.05) is 0 Å². The van der Waals surface area contributed by atoms with E-state index in [1.165, 1.54) is 0 Å². The molecule has 4 heterocycles. The maximum Gasteiger partial charge on any atom is 0.240 e. The van der Waals surface area contributed by atoms with Gasteiger partial charge in [-0.3, -0.25) is 9.13 Å². The molecule has 6 nitrogen and oxygen atoms in total. The van der Waals surface area contributed by atoms with E-state index in [1.54, 1.807) is 18.2 Å². The Morgan fingerprint density at radius 3 is 1.22 bits per heavy atom. The van der Waals surface area contributed by atoms with Gasteiger partial charge in [-0.1, -0.05) is 121 Å². The van der Waals surface area contributed by atoms with E-state index in [4.69, 9.17) is 31.4 Å². The van der Waals surface area contributed by atoms with Gasteiger partial charge in [0.2, 0.25) is 11.9 Å². The van der Waals surface area contributed by atoms with Crippen molar-refractivity contribution in [3.05, 3.63) is 169 Å². The lowest BCUT2D eigenvalue weighted by atomic mass is 10.1. The number of hydrogen-bond donors (Lipinski definition) is 0. The van der Waals surface area contributed by atoms with Gasteiger partial charge in [0, 0.05) is 37.9 Å². The molecule has 0 saturated heterocycles. The molecule has 0 bridgehead atoms. The summed E-state index contributed by atoms with van der Waals surface area (Å²) in [6.07, 6.45) is 0. The van der Waals surface area contributed by atoms with Gasteiger partial charge in [0.15, 0.2) is 5.82 Å². The molecular weight excluding hydrogens is 625 g/mol. The molecule has 0 unspecified atom stereocenters. The number of hydrogen-bond acceptors (Lipinski definition) is 3. The minimum absolute atomic E-state index is 0.147. The Labute approximate surface area is 314 Å². The first-order chi connectivity index (χ1) is 32.0. The molecule has 0 saturated carbocycles. The lowest BCUT2D eigenvalue weighted by Gasteiger charge is -2.16. The summed E-state index contributed by atoms with van der Waals surface area (Å²) in [6, 6.07) is 12.0. The summed E-state index contributed by atoms with van der Waals surface area (Å²) in [5, 5.41) is 0.799. The van der Waals surface area contributed by atoms with Crippen molar-refractivity contribution in [1.82, 2.24) is 28.7 Å². The third-order valence-corrected chi connectivity index (χ3v) is 9.04.